The summed E-state index contributed by atoms with van der Waals surface area (Å²) in [6.07, 6.45) is 1.64. The summed E-state index contributed by atoms with van der Waals surface area (Å²) in [4.78, 5) is 10.1. The normalized spacial score (nSPS) is 10.3. The summed E-state index contributed by atoms with van der Waals surface area (Å²) in [7, 11) is 0. The van der Waals surface area contributed by atoms with E-state index in [1.165, 1.54) is 16.8 Å². The van der Waals surface area contributed by atoms with Gasteiger partial charge in [-0.25, -0.2) is 4.68 Å². The van der Waals surface area contributed by atoms with Gasteiger partial charge >= 0.3 is 0 Å². The number of nitro benzene ring substituents is 1. The molecule has 1 heterocycles. The van der Waals surface area contributed by atoms with Gasteiger partial charge in [0.05, 0.1) is 22.5 Å². The van der Waals surface area contributed by atoms with E-state index in [1.54, 1.807) is 18.3 Å². The fraction of sp³-hybridized carbons (Fsp3) is 0.111. The molecule has 0 unspecified atom stereocenters. The van der Waals surface area contributed by atoms with E-state index >= 15 is 0 Å². The van der Waals surface area contributed by atoms with Crippen molar-refractivity contribution in [2.24, 2.45) is 5.73 Å². The lowest BCUT2D eigenvalue weighted by molar-refractivity contribution is -0.384. The predicted octanol–water partition coefficient (Wildman–Crippen LogP) is 0.634. The molecule has 0 bridgehead atoms. The van der Waals surface area contributed by atoms with Gasteiger partial charge in [-0.05, 0) is 6.07 Å². The predicted molar refractivity (Wildman–Crippen MR) is 55.9 cm³/mol. The minimum absolute atomic E-state index is 0.0160. The molecule has 82 valence electrons. The fourth-order valence-electron chi connectivity index (χ4n) is 1.27. The molecular formula is C9H9N5O2. The number of hydrogen-bond acceptors (Lipinski definition) is 5. The zero-order chi connectivity index (χ0) is 11.5. The van der Waals surface area contributed by atoms with Gasteiger partial charge < -0.3 is 5.73 Å². The number of benzene rings is 1. The maximum Gasteiger partial charge on any atom is 0.271 e. The number of nitrogens with zero attached hydrogens (tertiary/aromatic N) is 4. The smallest absolute Gasteiger partial charge is 0.271 e. The highest BCUT2D eigenvalue weighted by Crippen LogP contribution is 2.15. The average Bonchev–Trinajstić information content (AvgIpc) is 2.77. The van der Waals surface area contributed by atoms with E-state index in [0.717, 1.165) is 0 Å². The zero-order valence-corrected chi connectivity index (χ0v) is 8.28. The van der Waals surface area contributed by atoms with Crippen LogP contribution in [0.5, 0.6) is 0 Å². The highest BCUT2D eigenvalue weighted by atomic mass is 16.6. The first-order valence-electron chi connectivity index (χ1n) is 4.57. The Labute approximate surface area is 90.6 Å². The molecule has 16 heavy (non-hydrogen) atoms. The Balaban J connectivity index is 2.40. The van der Waals surface area contributed by atoms with Gasteiger partial charge in [-0.3, -0.25) is 10.1 Å². The van der Waals surface area contributed by atoms with Gasteiger partial charge in [0.25, 0.3) is 5.69 Å². The van der Waals surface area contributed by atoms with Crippen LogP contribution in [0.2, 0.25) is 0 Å². The van der Waals surface area contributed by atoms with Crippen molar-refractivity contribution in [2.75, 3.05) is 0 Å². The van der Waals surface area contributed by atoms with Crippen molar-refractivity contribution < 1.29 is 4.92 Å². The van der Waals surface area contributed by atoms with Gasteiger partial charge in [-0.2, -0.15) is 0 Å². The number of non-ortho nitro benzene ring substituents is 1. The van der Waals surface area contributed by atoms with Gasteiger partial charge in [0.2, 0.25) is 0 Å². The van der Waals surface area contributed by atoms with E-state index in [-0.39, 0.29) is 12.2 Å². The van der Waals surface area contributed by atoms with Crippen LogP contribution in [0.4, 0.5) is 5.69 Å². The van der Waals surface area contributed by atoms with E-state index in [0.29, 0.717) is 11.4 Å². The third kappa shape index (κ3) is 1.89. The summed E-state index contributed by atoms with van der Waals surface area (Å²) in [6, 6.07) is 6.15. The molecule has 0 saturated carbocycles. The summed E-state index contributed by atoms with van der Waals surface area (Å²) >= 11 is 0. The van der Waals surface area contributed by atoms with Crippen molar-refractivity contribution in [1.29, 1.82) is 0 Å². The quantitative estimate of drug-likeness (QED) is 0.602. The molecule has 7 nitrogen and oxygen atoms in total. The molecule has 0 aliphatic rings. The van der Waals surface area contributed by atoms with Crippen molar-refractivity contribution in [3.8, 4) is 5.69 Å². The second-order valence-corrected chi connectivity index (χ2v) is 3.14. The lowest BCUT2D eigenvalue weighted by Crippen LogP contribution is -1.97. The fourth-order valence-corrected chi connectivity index (χ4v) is 1.27. The Hall–Kier alpha value is -2.28. The second kappa shape index (κ2) is 4.07. The molecular weight excluding hydrogens is 210 g/mol. The third-order valence-electron chi connectivity index (χ3n) is 2.06. The molecule has 0 saturated heterocycles. The molecule has 2 N–H and O–H groups in total. The first-order valence-corrected chi connectivity index (χ1v) is 4.57. The highest BCUT2D eigenvalue weighted by molar-refractivity contribution is 5.42. The molecule has 2 aromatic rings. The number of hydrogen-bond donors (Lipinski definition) is 1. The number of nitro groups is 1. The van der Waals surface area contributed by atoms with E-state index in [4.69, 9.17) is 5.73 Å². The Bertz CT molecular complexity index is 522. The molecule has 0 atom stereocenters. The maximum atomic E-state index is 10.6. The molecule has 0 spiro atoms. The van der Waals surface area contributed by atoms with Crippen LogP contribution in [0.15, 0.2) is 30.5 Å². The van der Waals surface area contributed by atoms with Gasteiger partial charge in [0.1, 0.15) is 0 Å². The minimum Gasteiger partial charge on any atom is -0.325 e. The van der Waals surface area contributed by atoms with Crippen LogP contribution in [0.1, 0.15) is 5.69 Å². The second-order valence-electron chi connectivity index (χ2n) is 3.14. The van der Waals surface area contributed by atoms with Gasteiger partial charge in [-0.1, -0.05) is 11.3 Å². The first kappa shape index (κ1) is 10.2. The van der Waals surface area contributed by atoms with Gasteiger partial charge in [0, 0.05) is 18.7 Å². The standard InChI is InChI=1S/C9H9N5O2/c10-5-7-6-13(12-11-7)8-2-1-3-9(4-8)14(15)16/h1-4,6H,5,10H2. The van der Waals surface area contributed by atoms with Gasteiger partial charge in [-0.15, -0.1) is 5.10 Å². The number of rotatable bonds is 3. The maximum absolute atomic E-state index is 10.6. The van der Waals surface area contributed by atoms with E-state index in [1.807, 2.05) is 0 Å². The molecule has 1 aromatic heterocycles. The minimum atomic E-state index is -0.454. The van der Waals surface area contributed by atoms with Crippen LogP contribution < -0.4 is 5.73 Å². The average molecular weight is 219 g/mol. The SMILES string of the molecule is NCc1cn(-c2cccc([N+](=O)[O-])c2)nn1. The lowest BCUT2D eigenvalue weighted by atomic mass is 10.3. The molecule has 0 fully saturated rings. The molecule has 0 aliphatic heterocycles. The van der Waals surface area contributed by atoms with Crippen LogP contribution in [0.25, 0.3) is 5.69 Å². The Morgan fingerprint density at radius 1 is 1.50 bits per heavy atom. The van der Waals surface area contributed by atoms with E-state index in [9.17, 15) is 10.1 Å². The van der Waals surface area contributed by atoms with Crippen molar-refractivity contribution >= 4 is 5.69 Å². The van der Waals surface area contributed by atoms with Crippen molar-refractivity contribution in [3.05, 3.63) is 46.3 Å². The topological polar surface area (TPSA) is 99.9 Å². The molecule has 7 heteroatoms. The molecule has 0 radical (unpaired) electrons. The Morgan fingerprint density at radius 2 is 2.31 bits per heavy atom. The molecule has 2 rings (SSSR count). The monoisotopic (exact) mass is 219 g/mol. The van der Waals surface area contributed by atoms with Crippen LogP contribution in [0, 0.1) is 10.1 Å². The largest absolute Gasteiger partial charge is 0.325 e. The van der Waals surface area contributed by atoms with Crippen LogP contribution in [-0.4, -0.2) is 19.9 Å². The van der Waals surface area contributed by atoms with Crippen LogP contribution in [0.3, 0.4) is 0 Å². The Kier molecular flexibility index (Phi) is 2.61. The summed E-state index contributed by atoms with van der Waals surface area (Å²) in [5.41, 5.74) is 6.63. The zero-order valence-electron chi connectivity index (χ0n) is 8.28. The van der Waals surface area contributed by atoms with E-state index in [2.05, 4.69) is 10.3 Å². The van der Waals surface area contributed by atoms with E-state index < -0.39 is 4.92 Å². The van der Waals surface area contributed by atoms with Crippen LogP contribution in [-0.2, 0) is 6.54 Å². The molecule has 0 aliphatic carbocycles. The first-order chi connectivity index (χ1) is 7.70. The summed E-state index contributed by atoms with van der Waals surface area (Å²) < 4.78 is 1.45. The number of aromatic nitrogens is 3. The Morgan fingerprint density at radius 3 is 2.94 bits per heavy atom. The highest BCUT2D eigenvalue weighted by Gasteiger charge is 2.08. The lowest BCUT2D eigenvalue weighted by Gasteiger charge is -1.98. The summed E-state index contributed by atoms with van der Waals surface area (Å²) in [6.45, 7) is 0.287. The van der Waals surface area contributed by atoms with Gasteiger partial charge in [0.15, 0.2) is 0 Å². The van der Waals surface area contributed by atoms with Crippen molar-refractivity contribution in [2.45, 2.75) is 6.54 Å². The summed E-state index contributed by atoms with van der Waals surface area (Å²) in [5, 5.41) is 18.2. The molecule has 1 aromatic carbocycles. The molecule has 0 amide bonds. The summed E-state index contributed by atoms with van der Waals surface area (Å²) in [5.74, 6) is 0. The van der Waals surface area contributed by atoms with Crippen molar-refractivity contribution in [1.82, 2.24) is 15.0 Å². The number of nitrogens with two attached hydrogens (primary N) is 1. The van der Waals surface area contributed by atoms with Crippen LogP contribution >= 0.6 is 0 Å². The van der Waals surface area contributed by atoms with Crippen molar-refractivity contribution in [3.63, 3.8) is 0 Å². The third-order valence-corrected chi connectivity index (χ3v) is 2.06.